The molecule has 1 amide bonds. The Kier molecular flexibility index (Phi) is 2.23. The van der Waals surface area contributed by atoms with Gasteiger partial charge in [0.05, 0.1) is 10.9 Å². The van der Waals surface area contributed by atoms with Crippen molar-refractivity contribution in [2.24, 2.45) is 5.73 Å². The van der Waals surface area contributed by atoms with E-state index in [4.69, 9.17) is 5.73 Å². The number of nitrogens with two attached hydrogens (primary N) is 1. The third-order valence-corrected chi connectivity index (χ3v) is 4.38. The van der Waals surface area contributed by atoms with E-state index in [1.165, 1.54) is 5.56 Å². The summed E-state index contributed by atoms with van der Waals surface area (Å²) in [5.74, 6) is 0.585. The van der Waals surface area contributed by atoms with Crippen LogP contribution in [0.2, 0.25) is 0 Å². The fourth-order valence-corrected chi connectivity index (χ4v) is 2.99. The first-order valence-corrected chi connectivity index (χ1v) is 6.40. The minimum absolute atomic E-state index is 0.00142. The monoisotopic (exact) mass is 234 g/mol. The molecule has 84 valence electrons. The summed E-state index contributed by atoms with van der Waals surface area (Å²) >= 11 is 1.62. The van der Waals surface area contributed by atoms with Gasteiger partial charge >= 0.3 is 0 Å². The van der Waals surface area contributed by atoms with Crippen LogP contribution in [0.3, 0.4) is 0 Å². The van der Waals surface area contributed by atoms with Gasteiger partial charge in [0.25, 0.3) is 0 Å². The summed E-state index contributed by atoms with van der Waals surface area (Å²) in [5, 5.41) is 2.95. The first-order valence-electron chi connectivity index (χ1n) is 5.52. The zero-order valence-electron chi connectivity index (χ0n) is 9.07. The zero-order chi connectivity index (χ0) is 11.3. The number of rotatable bonds is 1. The molecule has 4 heteroatoms. The van der Waals surface area contributed by atoms with E-state index >= 15 is 0 Å². The molecule has 0 saturated heterocycles. The van der Waals surface area contributed by atoms with E-state index in [0.717, 1.165) is 17.0 Å². The Bertz CT molecular complexity index is 460. The van der Waals surface area contributed by atoms with Crippen LogP contribution in [0.4, 0.5) is 5.69 Å². The molecule has 16 heavy (non-hydrogen) atoms. The molecule has 3 nitrogen and oxygen atoms in total. The molecule has 1 saturated carbocycles. The van der Waals surface area contributed by atoms with Gasteiger partial charge in [0.2, 0.25) is 5.91 Å². The lowest BCUT2D eigenvalue weighted by Gasteiger charge is -2.21. The second-order valence-electron chi connectivity index (χ2n) is 4.51. The molecule has 1 aromatic carbocycles. The van der Waals surface area contributed by atoms with Gasteiger partial charge in [-0.05, 0) is 31.0 Å². The quantitative estimate of drug-likeness (QED) is 0.780. The van der Waals surface area contributed by atoms with Crippen LogP contribution < -0.4 is 11.1 Å². The van der Waals surface area contributed by atoms with E-state index in [9.17, 15) is 4.79 Å². The minimum Gasteiger partial charge on any atom is -0.327 e. The van der Waals surface area contributed by atoms with E-state index in [2.05, 4.69) is 23.5 Å². The maximum absolute atomic E-state index is 11.6. The molecule has 1 aromatic rings. The predicted molar refractivity (Wildman–Crippen MR) is 65.7 cm³/mol. The number of thioether (sulfide) groups is 1. The highest BCUT2D eigenvalue weighted by Gasteiger charge is 2.35. The number of fused-ring (bicyclic) bond motifs is 1. The van der Waals surface area contributed by atoms with Gasteiger partial charge < -0.3 is 11.1 Å². The molecule has 3 atom stereocenters. The summed E-state index contributed by atoms with van der Waals surface area (Å²) < 4.78 is 0. The summed E-state index contributed by atoms with van der Waals surface area (Å²) in [4.78, 5) is 12.7. The Morgan fingerprint density at radius 3 is 2.94 bits per heavy atom. The number of carbonyl (C=O) groups excluding carboxylic acids is 1. The van der Waals surface area contributed by atoms with Crippen molar-refractivity contribution in [3.05, 3.63) is 23.8 Å². The molecule has 0 bridgehead atoms. The van der Waals surface area contributed by atoms with Gasteiger partial charge in [-0.15, -0.1) is 11.8 Å². The van der Waals surface area contributed by atoms with Crippen molar-refractivity contribution in [1.29, 1.82) is 0 Å². The van der Waals surface area contributed by atoms with Crippen molar-refractivity contribution in [2.75, 3.05) is 5.32 Å². The molecule has 0 radical (unpaired) electrons. The number of nitrogens with one attached hydrogen (secondary N) is 1. The lowest BCUT2D eigenvalue weighted by atomic mass is 10.1. The van der Waals surface area contributed by atoms with Crippen LogP contribution in [0.25, 0.3) is 0 Å². The highest BCUT2D eigenvalue weighted by Crippen LogP contribution is 2.43. The third-order valence-electron chi connectivity index (χ3n) is 3.20. The van der Waals surface area contributed by atoms with Crippen LogP contribution in [0.5, 0.6) is 0 Å². The number of hydrogen-bond donors (Lipinski definition) is 2. The van der Waals surface area contributed by atoms with E-state index in [0.29, 0.717) is 12.0 Å². The second kappa shape index (κ2) is 3.50. The van der Waals surface area contributed by atoms with Crippen LogP contribution in [0.1, 0.15) is 24.8 Å². The Balaban J connectivity index is 1.93. The minimum atomic E-state index is 0.00142. The molecule has 3 rings (SSSR count). The SMILES string of the molecule is CC1Sc2ccc(C3CC3N)cc2NC1=O. The lowest BCUT2D eigenvalue weighted by Crippen LogP contribution is -2.26. The number of carbonyl (C=O) groups is 1. The first-order chi connectivity index (χ1) is 7.65. The maximum atomic E-state index is 11.6. The first kappa shape index (κ1) is 10.2. The van der Waals surface area contributed by atoms with Gasteiger partial charge in [-0.25, -0.2) is 0 Å². The van der Waals surface area contributed by atoms with Gasteiger partial charge in [-0.1, -0.05) is 6.07 Å². The molecule has 3 unspecified atom stereocenters. The Morgan fingerprint density at radius 1 is 1.50 bits per heavy atom. The van der Waals surface area contributed by atoms with Crippen molar-refractivity contribution in [1.82, 2.24) is 0 Å². The number of anilines is 1. The number of benzene rings is 1. The molecule has 1 aliphatic heterocycles. The molecule has 2 aliphatic rings. The van der Waals surface area contributed by atoms with E-state index in [-0.39, 0.29) is 11.2 Å². The van der Waals surface area contributed by atoms with Gasteiger partial charge in [0.15, 0.2) is 0 Å². The predicted octanol–water partition coefficient (Wildman–Crippen LogP) is 1.93. The topological polar surface area (TPSA) is 55.1 Å². The normalized spacial score (nSPS) is 31.9. The van der Waals surface area contributed by atoms with Gasteiger partial charge in [-0.3, -0.25) is 4.79 Å². The highest BCUT2D eigenvalue weighted by atomic mass is 32.2. The molecule has 1 fully saturated rings. The van der Waals surface area contributed by atoms with Crippen molar-refractivity contribution in [3.63, 3.8) is 0 Å². The largest absolute Gasteiger partial charge is 0.327 e. The average Bonchev–Trinajstić information content (AvgIpc) is 2.97. The van der Waals surface area contributed by atoms with Gasteiger partial charge in [0.1, 0.15) is 0 Å². The number of amides is 1. The average molecular weight is 234 g/mol. The van der Waals surface area contributed by atoms with E-state index < -0.39 is 0 Å². The lowest BCUT2D eigenvalue weighted by molar-refractivity contribution is -0.115. The number of hydrogen-bond acceptors (Lipinski definition) is 3. The van der Waals surface area contributed by atoms with E-state index in [1.54, 1.807) is 11.8 Å². The van der Waals surface area contributed by atoms with Crippen molar-refractivity contribution in [3.8, 4) is 0 Å². The van der Waals surface area contributed by atoms with Gasteiger partial charge in [-0.2, -0.15) is 0 Å². The van der Waals surface area contributed by atoms with Crippen LogP contribution in [-0.2, 0) is 4.79 Å². The summed E-state index contributed by atoms with van der Waals surface area (Å²) in [6.07, 6.45) is 1.07. The van der Waals surface area contributed by atoms with E-state index in [1.807, 2.05) is 6.92 Å². The zero-order valence-corrected chi connectivity index (χ0v) is 9.88. The molecule has 0 spiro atoms. The fourth-order valence-electron chi connectivity index (χ4n) is 2.05. The van der Waals surface area contributed by atoms with Crippen molar-refractivity contribution in [2.45, 2.75) is 35.4 Å². The van der Waals surface area contributed by atoms with Crippen molar-refractivity contribution >= 4 is 23.4 Å². The molecular formula is C12H14N2OS. The molecular weight excluding hydrogens is 220 g/mol. The second-order valence-corrected chi connectivity index (χ2v) is 5.89. The molecule has 3 N–H and O–H groups in total. The maximum Gasteiger partial charge on any atom is 0.237 e. The van der Waals surface area contributed by atoms with Crippen LogP contribution in [-0.4, -0.2) is 17.2 Å². The molecule has 0 aromatic heterocycles. The van der Waals surface area contributed by atoms with Crippen LogP contribution in [0.15, 0.2) is 23.1 Å². The molecule has 1 heterocycles. The summed E-state index contributed by atoms with van der Waals surface area (Å²) in [7, 11) is 0. The summed E-state index contributed by atoms with van der Waals surface area (Å²) in [6, 6.07) is 6.61. The third kappa shape index (κ3) is 1.62. The fraction of sp³-hybridized carbons (Fsp3) is 0.417. The summed E-state index contributed by atoms with van der Waals surface area (Å²) in [6.45, 7) is 1.92. The Morgan fingerprint density at radius 2 is 2.25 bits per heavy atom. The summed E-state index contributed by atoms with van der Waals surface area (Å²) in [5.41, 5.74) is 8.03. The Hall–Kier alpha value is -1.00. The van der Waals surface area contributed by atoms with Crippen LogP contribution in [0, 0.1) is 0 Å². The standard InChI is InChI=1S/C12H14N2OS/c1-6-12(15)14-10-4-7(8-5-9(8)13)2-3-11(10)16-6/h2-4,6,8-9H,5,13H2,1H3,(H,14,15). The molecule has 1 aliphatic carbocycles. The van der Waals surface area contributed by atoms with Crippen molar-refractivity contribution < 1.29 is 4.79 Å². The smallest absolute Gasteiger partial charge is 0.237 e. The van der Waals surface area contributed by atoms with Crippen LogP contribution >= 0.6 is 11.8 Å². The highest BCUT2D eigenvalue weighted by molar-refractivity contribution is 8.00. The Labute approximate surface area is 98.8 Å². The van der Waals surface area contributed by atoms with Gasteiger partial charge in [0, 0.05) is 16.9 Å².